The first-order valence-electron chi connectivity index (χ1n) is 5.49. The number of halogens is 1. The van der Waals surface area contributed by atoms with Gasteiger partial charge in [0, 0.05) is 6.54 Å². The molecule has 0 spiro atoms. The monoisotopic (exact) mass is 257 g/mol. The molecule has 94 valence electrons. The van der Waals surface area contributed by atoms with Crippen molar-refractivity contribution in [2.24, 2.45) is 0 Å². The number of nitrogens with one attached hydrogen (secondary N) is 1. The summed E-state index contributed by atoms with van der Waals surface area (Å²) in [6, 6.07) is 0. The van der Waals surface area contributed by atoms with Crippen LogP contribution in [0.15, 0.2) is 0 Å². The van der Waals surface area contributed by atoms with Gasteiger partial charge in [-0.1, -0.05) is 18.5 Å². The number of nitrogens with zero attached hydrogens (tertiary/aromatic N) is 2. The molecule has 1 atom stereocenters. The average molecular weight is 258 g/mol. The van der Waals surface area contributed by atoms with Gasteiger partial charge in [0.1, 0.15) is 16.8 Å². The van der Waals surface area contributed by atoms with Gasteiger partial charge in [0.15, 0.2) is 6.29 Å². The summed E-state index contributed by atoms with van der Waals surface area (Å²) in [6.07, 6.45) is 1.57. The summed E-state index contributed by atoms with van der Waals surface area (Å²) in [6.45, 7) is 4.14. The van der Waals surface area contributed by atoms with Crippen LogP contribution in [-0.2, 0) is 0 Å². The van der Waals surface area contributed by atoms with Crippen molar-refractivity contribution in [1.29, 1.82) is 0 Å². The van der Waals surface area contributed by atoms with Crippen LogP contribution in [0.1, 0.15) is 35.9 Å². The lowest BCUT2D eigenvalue weighted by Gasteiger charge is -2.11. The van der Waals surface area contributed by atoms with Gasteiger partial charge in [0.05, 0.1) is 11.7 Å². The van der Waals surface area contributed by atoms with Crippen LogP contribution < -0.4 is 5.32 Å². The lowest BCUT2D eigenvalue weighted by molar-refractivity contribution is 0.112. The molecule has 17 heavy (non-hydrogen) atoms. The Morgan fingerprint density at radius 2 is 2.24 bits per heavy atom. The van der Waals surface area contributed by atoms with Crippen LogP contribution in [-0.4, -0.2) is 34.0 Å². The summed E-state index contributed by atoms with van der Waals surface area (Å²) in [4.78, 5) is 18.9. The Labute approximate surface area is 105 Å². The van der Waals surface area contributed by atoms with Gasteiger partial charge in [-0.3, -0.25) is 4.79 Å². The van der Waals surface area contributed by atoms with E-state index in [9.17, 15) is 9.90 Å². The van der Waals surface area contributed by atoms with Crippen molar-refractivity contribution in [3.05, 3.63) is 16.5 Å². The second kappa shape index (κ2) is 6.51. The number of aryl methyl sites for hydroxylation is 1. The van der Waals surface area contributed by atoms with Gasteiger partial charge in [-0.2, -0.15) is 0 Å². The maximum atomic E-state index is 10.9. The van der Waals surface area contributed by atoms with Gasteiger partial charge < -0.3 is 10.4 Å². The van der Waals surface area contributed by atoms with Gasteiger partial charge in [0.2, 0.25) is 0 Å². The van der Waals surface area contributed by atoms with E-state index in [1.807, 2.05) is 6.92 Å². The summed E-state index contributed by atoms with van der Waals surface area (Å²) >= 11 is 5.83. The molecule has 0 saturated carbocycles. The number of hydrogen-bond donors (Lipinski definition) is 2. The molecule has 1 rings (SSSR count). The predicted octanol–water partition coefficient (Wildman–Crippen LogP) is 1.82. The van der Waals surface area contributed by atoms with E-state index in [0.29, 0.717) is 37.3 Å². The van der Waals surface area contributed by atoms with E-state index in [-0.39, 0.29) is 16.8 Å². The third-order valence-electron chi connectivity index (χ3n) is 2.37. The van der Waals surface area contributed by atoms with E-state index in [1.165, 1.54) is 0 Å². The fourth-order valence-electron chi connectivity index (χ4n) is 1.35. The molecule has 1 aromatic rings. The molecular formula is C11H16ClN3O2. The standard InChI is InChI=1S/C11H16ClN3O2/c1-3-8(17)4-5-13-11-9(6-16)10(12)14-7(2)15-11/h6,8,17H,3-5H2,1-2H3,(H,13,14,15). The predicted molar refractivity (Wildman–Crippen MR) is 66.6 cm³/mol. The lowest BCUT2D eigenvalue weighted by Crippen LogP contribution is -2.14. The van der Waals surface area contributed by atoms with Crippen molar-refractivity contribution in [3.8, 4) is 0 Å². The molecule has 1 heterocycles. The molecule has 5 nitrogen and oxygen atoms in total. The molecule has 0 radical (unpaired) electrons. The van der Waals surface area contributed by atoms with E-state index in [2.05, 4.69) is 15.3 Å². The Morgan fingerprint density at radius 1 is 1.53 bits per heavy atom. The van der Waals surface area contributed by atoms with Crippen molar-refractivity contribution < 1.29 is 9.90 Å². The molecule has 0 aliphatic carbocycles. The summed E-state index contributed by atoms with van der Waals surface area (Å²) in [5.74, 6) is 0.917. The van der Waals surface area contributed by atoms with Gasteiger partial charge in [-0.15, -0.1) is 0 Å². The molecule has 1 aromatic heterocycles. The number of aliphatic hydroxyl groups excluding tert-OH is 1. The van der Waals surface area contributed by atoms with E-state index in [0.717, 1.165) is 0 Å². The van der Waals surface area contributed by atoms with Crippen LogP contribution in [0.4, 0.5) is 5.82 Å². The number of aromatic nitrogens is 2. The highest BCUT2D eigenvalue weighted by Gasteiger charge is 2.10. The van der Waals surface area contributed by atoms with Crippen molar-refractivity contribution in [2.75, 3.05) is 11.9 Å². The number of carbonyl (C=O) groups is 1. The van der Waals surface area contributed by atoms with Crippen LogP contribution >= 0.6 is 11.6 Å². The second-order valence-corrected chi connectivity index (χ2v) is 4.08. The fourth-order valence-corrected chi connectivity index (χ4v) is 1.60. The Hall–Kier alpha value is -1.20. The minimum atomic E-state index is -0.347. The summed E-state index contributed by atoms with van der Waals surface area (Å²) in [5, 5.41) is 12.5. The maximum Gasteiger partial charge on any atom is 0.156 e. The highest BCUT2D eigenvalue weighted by molar-refractivity contribution is 6.32. The van der Waals surface area contributed by atoms with E-state index in [1.54, 1.807) is 6.92 Å². The van der Waals surface area contributed by atoms with Gasteiger partial charge in [-0.25, -0.2) is 9.97 Å². The minimum absolute atomic E-state index is 0.144. The van der Waals surface area contributed by atoms with Crippen molar-refractivity contribution in [3.63, 3.8) is 0 Å². The van der Waals surface area contributed by atoms with Crippen LogP contribution in [0.2, 0.25) is 5.15 Å². The quantitative estimate of drug-likeness (QED) is 0.601. The SMILES string of the molecule is CCC(O)CCNc1nc(C)nc(Cl)c1C=O. The van der Waals surface area contributed by atoms with Gasteiger partial charge in [0.25, 0.3) is 0 Å². The number of anilines is 1. The molecule has 0 aliphatic heterocycles. The van der Waals surface area contributed by atoms with Crippen molar-refractivity contribution >= 4 is 23.7 Å². The highest BCUT2D eigenvalue weighted by Crippen LogP contribution is 2.18. The minimum Gasteiger partial charge on any atom is -0.393 e. The summed E-state index contributed by atoms with van der Waals surface area (Å²) < 4.78 is 0. The molecule has 0 aromatic carbocycles. The fraction of sp³-hybridized carbons (Fsp3) is 0.545. The van der Waals surface area contributed by atoms with E-state index >= 15 is 0 Å². The molecule has 2 N–H and O–H groups in total. The zero-order valence-corrected chi connectivity index (χ0v) is 10.7. The van der Waals surface area contributed by atoms with Crippen molar-refractivity contribution in [1.82, 2.24) is 9.97 Å². The zero-order valence-electron chi connectivity index (χ0n) is 9.90. The first-order chi connectivity index (χ1) is 8.08. The first-order valence-corrected chi connectivity index (χ1v) is 5.87. The average Bonchev–Trinajstić information content (AvgIpc) is 2.28. The first kappa shape index (κ1) is 13.9. The molecular weight excluding hydrogens is 242 g/mol. The molecule has 1 unspecified atom stereocenters. The third kappa shape index (κ3) is 3.94. The Kier molecular flexibility index (Phi) is 5.31. The molecule has 0 bridgehead atoms. The Balaban J connectivity index is 2.73. The van der Waals surface area contributed by atoms with Crippen molar-refractivity contribution in [2.45, 2.75) is 32.8 Å². The lowest BCUT2D eigenvalue weighted by atomic mass is 10.2. The van der Waals surface area contributed by atoms with Crippen LogP contribution in [0.3, 0.4) is 0 Å². The second-order valence-electron chi connectivity index (χ2n) is 3.72. The van der Waals surface area contributed by atoms with Crippen LogP contribution in [0.25, 0.3) is 0 Å². The van der Waals surface area contributed by atoms with Crippen LogP contribution in [0.5, 0.6) is 0 Å². The zero-order chi connectivity index (χ0) is 12.8. The van der Waals surface area contributed by atoms with E-state index in [4.69, 9.17) is 11.6 Å². The topological polar surface area (TPSA) is 75.1 Å². The number of rotatable bonds is 6. The molecule has 0 amide bonds. The normalized spacial score (nSPS) is 12.2. The number of hydrogen-bond acceptors (Lipinski definition) is 5. The summed E-state index contributed by atoms with van der Waals surface area (Å²) in [7, 11) is 0. The maximum absolute atomic E-state index is 10.9. The highest BCUT2D eigenvalue weighted by atomic mass is 35.5. The third-order valence-corrected chi connectivity index (χ3v) is 2.66. The summed E-state index contributed by atoms with van der Waals surface area (Å²) in [5.41, 5.74) is 0.253. The number of aliphatic hydroxyl groups is 1. The molecule has 6 heteroatoms. The smallest absolute Gasteiger partial charge is 0.156 e. The Bertz CT molecular complexity index is 399. The molecule has 0 aliphatic rings. The molecule has 0 fully saturated rings. The molecule has 0 saturated heterocycles. The Morgan fingerprint density at radius 3 is 2.82 bits per heavy atom. The van der Waals surface area contributed by atoms with Gasteiger partial charge >= 0.3 is 0 Å². The van der Waals surface area contributed by atoms with Crippen LogP contribution in [0, 0.1) is 6.92 Å². The van der Waals surface area contributed by atoms with Gasteiger partial charge in [-0.05, 0) is 19.8 Å². The van der Waals surface area contributed by atoms with E-state index < -0.39 is 0 Å². The number of carbonyl (C=O) groups excluding carboxylic acids is 1. The number of aldehydes is 1. The largest absolute Gasteiger partial charge is 0.393 e.